The predicted molar refractivity (Wildman–Crippen MR) is 95.3 cm³/mol. The zero-order valence-electron chi connectivity index (χ0n) is 14.0. The van der Waals surface area contributed by atoms with Gasteiger partial charge in [0.05, 0.1) is 24.1 Å². The van der Waals surface area contributed by atoms with Gasteiger partial charge in [-0.05, 0) is 23.8 Å². The lowest BCUT2D eigenvalue weighted by Crippen LogP contribution is -2.00. The highest BCUT2D eigenvalue weighted by molar-refractivity contribution is 5.84. The second-order valence-corrected chi connectivity index (χ2v) is 6.10. The Morgan fingerprint density at radius 3 is 2.77 bits per heavy atom. The second kappa shape index (κ2) is 5.69. The van der Waals surface area contributed by atoms with E-state index in [-0.39, 0.29) is 0 Å². The molecule has 8 heteroatoms. The summed E-state index contributed by atoms with van der Waals surface area (Å²) in [7, 11) is 1.90. The van der Waals surface area contributed by atoms with Crippen LogP contribution >= 0.6 is 0 Å². The average Bonchev–Trinajstić information content (AvgIpc) is 3.28. The summed E-state index contributed by atoms with van der Waals surface area (Å²) in [4.78, 5) is 8.71. The van der Waals surface area contributed by atoms with E-state index in [4.69, 9.17) is 0 Å². The Morgan fingerprint density at radius 2 is 1.88 bits per heavy atom. The summed E-state index contributed by atoms with van der Waals surface area (Å²) in [6.45, 7) is 0. The molecule has 0 unspecified atom stereocenters. The molecule has 0 saturated heterocycles. The van der Waals surface area contributed by atoms with Crippen LogP contribution in [0.5, 0.6) is 0 Å². The molecule has 126 valence electrons. The van der Waals surface area contributed by atoms with Crippen LogP contribution in [0.4, 0.5) is 0 Å². The molecule has 0 radical (unpaired) electrons. The molecule has 0 amide bonds. The van der Waals surface area contributed by atoms with Crippen molar-refractivity contribution in [3.63, 3.8) is 0 Å². The topological polar surface area (TPSA) is 86.7 Å². The maximum Gasteiger partial charge on any atom is 0.271 e. The van der Waals surface area contributed by atoms with Gasteiger partial charge < -0.3 is 0 Å². The summed E-state index contributed by atoms with van der Waals surface area (Å²) in [5.74, 6) is 1.26. The molecule has 26 heavy (non-hydrogen) atoms. The number of nitrogens with zero attached hydrogens (tertiary/aromatic N) is 8. The van der Waals surface area contributed by atoms with Crippen molar-refractivity contribution in [3.8, 4) is 11.1 Å². The molecule has 0 aliphatic carbocycles. The van der Waals surface area contributed by atoms with Crippen LogP contribution < -0.4 is 0 Å². The van der Waals surface area contributed by atoms with Crippen LogP contribution in [0.15, 0.2) is 55.2 Å². The standard InChI is InChI=1S/C18H14N8/c1-25-11-15(10-22-25)14-8-13-6-12(2-3-16(13)20-9-14)7-17-23-24-18-19-4-5-21-26(17)18/h2-6,8-11H,7H2,1H3. The van der Waals surface area contributed by atoms with Crippen LogP contribution in [-0.2, 0) is 13.5 Å². The Bertz CT molecular complexity index is 1240. The quantitative estimate of drug-likeness (QED) is 0.499. The van der Waals surface area contributed by atoms with Crippen LogP contribution in [0.2, 0.25) is 0 Å². The van der Waals surface area contributed by atoms with Crippen molar-refractivity contribution < 1.29 is 0 Å². The molecule has 0 atom stereocenters. The van der Waals surface area contributed by atoms with Crippen molar-refractivity contribution in [2.24, 2.45) is 7.05 Å². The third-order valence-electron chi connectivity index (χ3n) is 4.27. The van der Waals surface area contributed by atoms with Gasteiger partial charge >= 0.3 is 0 Å². The molecule has 4 aromatic heterocycles. The first-order valence-corrected chi connectivity index (χ1v) is 8.15. The van der Waals surface area contributed by atoms with E-state index in [0.29, 0.717) is 12.2 Å². The van der Waals surface area contributed by atoms with Gasteiger partial charge in [0, 0.05) is 42.4 Å². The lowest BCUT2D eigenvalue weighted by molar-refractivity contribution is 0.768. The van der Waals surface area contributed by atoms with Crippen LogP contribution in [0.3, 0.4) is 0 Å². The highest BCUT2D eigenvalue weighted by Crippen LogP contribution is 2.23. The van der Waals surface area contributed by atoms with Crippen molar-refractivity contribution >= 4 is 16.7 Å². The molecule has 1 aromatic carbocycles. The molecule has 0 aliphatic rings. The van der Waals surface area contributed by atoms with Gasteiger partial charge in [-0.3, -0.25) is 9.67 Å². The van der Waals surface area contributed by atoms with Gasteiger partial charge in [0.2, 0.25) is 0 Å². The van der Waals surface area contributed by atoms with E-state index < -0.39 is 0 Å². The minimum Gasteiger partial charge on any atom is -0.275 e. The Morgan fingerprint density at radius 1 is 0.923 bits per heavy atom. The maximum atomic E-state index is 4.56. The van der Waals surface area contributed by atoms with E-state index in [1.165, 1.54) is 0 Å². The van der Waals surface area contributed by atoms with Crippen LogP contribution in [0.25, 0.3) is 27.8 Å². The molecule has 0 aliphatic heterocycles. The lowest BCUT2D eigenvalue weighted by atomic mass is 10.0. The van der Waals surface area contributed by atoms with Crippen LogP contribution in [-0.4, -0.2) is 39.6 Å². The fourth-order valence-corrected chi connectivity index (χ4v) is 3.01. The molecule has 5 aromatic rings. The number of hydrogen-bond acceptors (Lipinski definition) is 6. The fourth-order valence-electron chi connectivity index (χ4n) is 3.01. The first kappa shape index (κ1) is 14.6. The summed E-state index contributed by atoms with van der Waals surface area (Å²) >= 11 is 0. The molecule has 0 saturated carbocycles. The van der Waals surface area contributed by atoms with Gasteiger partial charge in [0.25, 0.3) is 5.78 Å². The summed E-state index contributed by atoms with van der Waals surface area (Å²) in [5, 5.41) is 17.8. The number of benzene rings is 1. The first-order chi connectivity index (χ1) is 12.8. The molecule has 0 N–H and O–H groups in total. The van der Waals surface area contributed by atoms with Crippen LogP contribution in [0.1, 0.15) is 11.4 Å². The van der Waals surface area contributed by atoms with Gasteiger partial charge in [0.15, 0.2) is 5.82 Å². The zero-order chi connectivity index (χ0) is 17.5. The smallest absolute Gasteiger partial charge is 0.271 e. The largest absolute Gasteiger partial charge is 0.275 e. The highest BCUT2D eigenvalue weighted by atomic mass is 15.4. The predicted octanol–water partition coefficient (Wildman–Crippen LogP) is 2.06. The Labute approximate surface area is 148 Å². The van der Waals surface area contributed by atoms with Crippen molar-refractivity contribution in [1.82, 2.24) is 39.6 Å². The Kier molecular flexibility index (Phi) is 3.21. The minimum absolute atomic E-state index is 0.504. The fraction of sp³-hybridized carbons (Fsp3) is 0.111. The maximum absolute atomic E-state index is 4.56. The van der Waals surface area contributed by atoms with Gasteiger partial charge in [0.1, 0.15) is 0 Å². The van der Waals surface area contributed by atoms with Gasteiger partial charge in [-0.1, -0.05) is 6.07 Å². The zero-order valence-corrected chi connectivity index (χ0v) is 14.0. The number of fused-ring (bicyclic) bond motifs is 2. The van der Waals surface area contributed by atoms with E-state index in [9.17, 15) is 0 Å². The van der Waals surface area contributed by atoms with Crippen LogP contribution in [0, 0.1) is 0 Å². The molecule has 4 heterocycles. The van der Waals surface area contributed by atoms with E-state index in [2.05, 4.69) is 48.6 Å². The third kappa shape index (κ3) is 2.48. The monoisotopic (exact) mass is 342 g/mol. The van der Waals surface area contributed by atoms with Crippen molar-refractivity contribution in [3.05, 3.63) is 66.6 Å². The normalized spacial score (nSPS) is 11.4. The van der Waals surface area contributed by atoms with Gasteiger partial charge in [-0.15, -0.1) is 10.2 Å². The second-order valence-electron chi connectivity index (χ2n) is 6.10. The number of rotatable bonds is 3. The Hall–Kier alpha value is -3.68. The molecular formula is C18H14N8. The molecule has 0 bridgehead atoms. The van der Waals surface area contributed by atoms with Crippen molar-refractivity contribution in [2.45, 2.75) is 6.42 Å². The highest BCUT2D eigenvalue weighted by Gasteiger charge is 2.09. The number of aryl methyl sites for hydroxylation is 1. The summed E-state index contributed by atoms with van der Waals surface area (Å²) < 4.78 is 3.45. The summed E-state index contributed by atoms with van der Waals surface area (Å²) in [5.41, 5.74) is 4.16. The average molecular weight is 342 g/mol. The minimum atomic E-state index is 0.504. The van der Waals surface area contributed by atoms with Gasteiger partial charge in [-0.2, -0.15) is 14.7 Å². The Balaban J connectivity index is 1.54. The SMILES string of the molecule is Cn1cc(-c2cnc3ccc(Cc4nnc5nccnn45)cc3c2)cn1. The molecule has 5 rings (SSSR count). The third-order valence-corrected chi connectivity index (χ3v) is 4.27. The molecule has 8 nitrogen and oxygen atoms in total. The molecule has 0 spiro atoms. The summed E-state index contributed by atoms with van der Waals surface area (Å²) in [6, 6.07) is 8.33. The van der Waals surface area contributed by atoms with E-state index >= 15 is 0 Å². The number of aromatic nitrogens is 8. The van der Waals surface area contributed by atoms with E-state index in [0.717, 1.165) is 33.4 Å². The summed E-state index contributed by atoms with van der Waals surface area (Å²) in [6.07, 6.45) is 9.55. The number of hydrogen-bond donors (Lipinski definition) is 0. The first-order valence-electron chi connectivity index (χ1n) is 8.15. The lowest BCUT2D eigenvalue weighted by Gasteiger charge is -2.04. The molecular weight excluding hydrogens is 328 g/mol. The molecule has 0 fully saturated rings. The van der Waals surface area contributed by atoms with Gasteiger partial charge in [-0.25, -0.2) is 4.98 Å². The van der Waals surface area contributed by atoms with Crippen molar-refractivity contribution in [2.75, 3.05) is 0 Å². The number of pyridine rings is 1. The van der Waals surface area contributed by atoms with Crippen molar-refractivity contribution in [1.29, 1.82) is 0 Å². The van der Waals surface area contributed by atoms with E-state index in [1.807, 2.05) is 31.7 Å². The van der Waals surface area contributed by atoms with E-state index in [1.54, 1.807) is 21.6 Å².